The number of hydrogen-bond donors (Lipinski definition) is 4. The molecule has 2 atom stereocenters. The number of hydrogen-bond acceptors (Lipinski definition) is 7. The number of halogens is 6. The minimum Gasteiger partial charge on any atom is -0.475 e. The van der Waals surface area contributed by atoms with Crippen molar-refractivity contribution in [2.75, 3.05) is 13.1 Å². The highest BCUT2D eigenvalue weighted by Gasteiger charge is 2.53. The summed E-state index contributed by atoms with van der Waals surface area (Å²) >= 11 is 0. The second kappa shape index (κ2) is 14.6. The zero-order valence-electron chi connectivity index (χ0n) is 25.2. The number of carbonyl (C=O) groups is 2. The number of likely N-dealkylation sites (tertiary alicyclic amines) is 1. The number of aliphatic carboxylic acids is 2. The van der Waals surface area contributed by atoms with Gasteiger partial charge in [0.05, 0.1) is 0 Å². The molecule has 254 valence electrons. The zero-order chi connectivity index (χ0) is 34.4. The van der Waals surface area contributed by atoms with Crippen LogP contribution in [0.25, 0.3) is 17.5 Å². The minimum atomic E-state index is -5.08. The lowest BCUT2D eigenvalue weighted by Gasteiger charge is -2.59. The predicted molar refractivity (Wildman–Crippen MR) is 157 cm³/mol. The fourth-order valence-corrected chi connectivity index (χ4v) is 6.00. The van der Waals surface area contributed by atoms with Crippen LogP contribution in [0.2, 0.25) is 0 Å². The van der Waals surface area contributed by atoms with E-state index < -0.39 is 24.3 Å². The Balaban J connectivity index is 0.000000301. The van der Waals surface area contributed by atoms with Crippen LogP contribution in [0.4, 0.5) is 26.3 Å². The van der Waals surface area contributed by atoms with Gasteiger partial charge in [0.25, 0.3) is 0 Å². The second-order valence-electron chi connectivity index (χ2n) is 11.9. The van der Waals surface area contributed by atoms with Gasteiger partial charge in [0.15, 0.2) is 0 Å². The van der Waals surface area contributed by atoms with Gasteiger partial charge in [-0.05, 0) is 53.4 Å². The lowest BCUT2D eigenvalue weighted by atomic mass is 9.60. The normalized spacial score (nSPS) is 20.5. The Morgan fingerprint density at radius 1 is 0.979 bits per heavy atom. The molecule has 1 aliphatic heterocycles. The van der Waals surface area contributed by atoms with Gasteiger partial charge in [-0.2, -0.15) is 31.6 Å². The third kappa shape index (κ3) is 10.1. The first-order valence-electron chi connectivity index (χ1n) is 14.8. The number of nitrogens with one attached hydrogen (secondary N) is 2. The van der Waals surface area contributed by atoms with Crippen molar-refractivity contribution in [3.63, 3.8) is 0 Å². The highest BCUT2D eigenvalue weighted by Crippen LogP contribution is 2.50. The van der Waals surface area contributed by atoms with Gasteiger partial charge in [0.2, 0.25) is 5.82 Å². The SMILES string of the molecule is CC/C(=C\c1ccccc1)[C@@H]1C[C@H]1NC1CC2(C1)CN(Cc1ccc(-c3nn[nH]n3)cc1)C2.O=C(O)C(F)(F)F.O=C(O)C(F)(F)F. The summed E-state index contributed by atoms with van der Waals surface area (Å²) in [6, 6.07) is 20.7. The van der Waals surface area contributed by atoms with Gasteiger partial charge in [-0.25, -0.2) is 9.59 Å². The maximum atomic E-state index is 10.6. The fraction of sp³-hybridized carbons (Fsp3) is 0.452. The minimum absolute atomic E-state index is 0.570. The Bertz CT molecular complexity index is 1480. The van der Waals surface area contributed by atoms with E-state index >= 15 is 0 Å². The van der Waals surface area contributed by atoms with Crippen LogP contribution in [0.5, 0.6) is 0 Å². The van der Waals surface area contributed by atoms with Gasteiger partial charge >= 0.3 is 24.3 Å². The summed E-state index contributed by atoms with van der Waals surface area (Å²) in [4.78, 5) is 20.4. The van der Waals surface area contributed by atoms with Gasteiger partial charge in [-0.1, -0.05) is 73.2 Å². The summed E-state index contributed by atoms with van der Waals surface area (Å²) in [5.74, 6) is -4.13. The lowest BCUT2D eigenvalue weighted by molar-refractivity contribution is -0.193. The second-order valence-corrected chi connectivity index (χ2v) is 11.9. The van der Waals surface area contributed by atoms with E-state index in [0.29, 0.717) is 23.3 Å². The van der Waals surface area contributed by atoms with Gasteiger partial charge < -0.3 is 15.5 Å². The molecule has 3 aliphatic rings. The maximum absolute atomic E-state index is 10.6. The van der Waals surface area contributed by atoms with E-state index in [-0.39, 0.29) is 0 Å². The molecule has 47 heavy (non-hydrogen) atoms. The van der Waals surface area contributed by atoms with Crippen molar-refractivity contribution < 1.29 is 46.1 Å². The highest BCUT2D eigenvalue weighted by atomic mass is 19.4. The van der Waals surface area contributed by atoms with Gasteiger partial charge in [0.1, 0.15) is 0 Å². The summed E-state index contributed by atoms with van der Waals surface area (Å²) in [6.07, 6.45) is -2.62. The van der Waals surface area contributed by atoms with E-state index in [9.17, 15) is 26.3 Å². The topological polar surface area (TPSA) is 144 Å². The molecule has 2 aromatic carbocycles. The number of rotatable bonds is 8. The number of carboxylic acids is 2. The molecule has 3 aromatic rings. The number of carboxylic acid groups (broad SMARTS) is 2. The van der Waals surface area contributed by atoms with Crippen LogP contribution in [0.1, 0.15) is 43.7 Å². The first kappa shape index (κ1) is 35.5. The Hall–Kier alpha value is -4.31. The number of aromatic amines is 1. The molecule has 0 bridgehead atoms. The third-order valence-electron chi connectivity index (χ3n) is 8.20. The van der Waals surface area contributed by atoms with E-state index in [1.807, 2.05) is 0 Å². The lowest BCUT2D eigenvalue weighted by Crippen LogP contribution is -2.65. The number of tetrazole rings is 1. The van der Waals surface area contributed by atoms with Crippen molar-refractivity contribution in [2.45, 2.75) is 63.6 Å². The third-order valence-corrected chi connectivity index (χ3v) is 8.20. The highest BCUT2D eigenvalue weighted by molar-refractivity contribution is 5.73. The Morgan fingerprint density at radius 3 is 2.04 bits per heavy atom. The summed E-state index contributed by atoms with van der Waals surface area (Å²) in [7, 11) is 0. The Labute approximate surface area is 265 Å². The van der Waals surface area contributed by atoms with Crippen LogP contribution < -0.4 is 5.32 Å². The quantitative estimate of drug-likeness (QED) is 0.227. The molecule has 1 aromatic heterocycles. The van der Waals surface area contributed by atoms with E-state index in [1.165, 1.54) is 43.5 Å². The van der Waals surface area contributed by atoms with Gasteiger partial charge in [-0.15, -0.1) is 10.2 Å². The smallest absolute Gasteiger partial charge is 0.475 e. The average Bonchev–Trinajstić information content (AvgIpc) is 3.51. The summed E-state index contributed by atoms with van der Waals surface area (Å²) in [6.45, 7) is 5.80. The number of alkyl halides is 6. The molecular formula is C31H34F6N6O4. The Morgan fingerprint density at radius 2 is 1.55 bits per heavy atom. The van der Waals surface area contributed by atoms with Crippen molar-refractivity contribution in [2.24, 2.45) is 11.3 Å². The molecule has 16 heteroatoms. The number of benzene rings is 2. The van der Waals surface area contributed by atoms with E-state index in [0.717, 1.165) is 24.4 Å². The molecule has 1 spiro atoms. The van der Waals surface area contributed by atoms with Crippen LogP contribution in [0.3, 0.4) is 0 Å². The number of H-pyrrole nitrogens is 1. The maximum Gasteiger partial charge on any atom is 0.490 e. The summed E-state index contributed by atoms with van der Waals surface area (Å²) in [5, 5.41) is 32.5. The molecule has 3 fully saturated rings. The van der Waals surface area contributed by atoms with E-state index in [2.05, 4.69) is 98.4 Å². The largest absolute Gasteiger partial charge is 0.490 e. The van der Waals surface area contributed by atoms with Crippen molar-refractivity contribution in [3.8, 4) is 11.4 Å². The predicted octanol–water partition coefficient (Wildman–Crippen LogP) is 5.57. The van der Waals surface area contributed by atoms with Crippen molar-refractivity contribution in [1.82, 2.24) is 30.8 Å². The molecular weight excluding hydrogens is 634 g/mol. The van der Waals surface area contributed by atoms with Crippen molar-refractivity contribution >= 4 is 18.0 Å². The van der Waals surface area contributed by atoms with Crippen LogP contribution in [-0.2, 0) is 16.1 Å². The van der Waals surface area contributed by atoms with Crippen molar-refractivity contribution in [3.05, 3.63) is 71.3 Å². The molecule has 2 heterocycles. The van der Waals surface area contributed by atoms with Gasteiger partial charge in [-0.3, -0.25) is 4.90 Å². The molecule has 10 nitrogen and oxygen atoms in total. The van der Waals surface area contributed by atoms with Crippen molar-refractivity contribution in [1.29, 1.82) is 0 Å². The Kier molecular flexibility index (Phi) is 11.1. The van der Waals surface area contributed by atoms with Crippen LogP contribution >= 0.6 is 0 Å². The number of nitrogens with zero attached hydrogens (tertiary/aromatic N) is 4. The van der Waals surface area contributed by atoms with Crippen LogP contribution in [-0.4, -0.2) is 85.2 Å². The number of aromatic nitrogens is 4. The first-order valence-corrected chi connectivity index (χ1v) is 14.8. The summed E-state index contributed by atoms with van der Waals surface area (Å²) < 4.78 is 63.5. The van der Waals surface area contributed by atoms with Crippen LogP contribution in [0.15, 0.2) is 60.2 Å². The monoisotopic (exact) mass is 668 g/mol. The first-order chi connectivity index (χ1) is 22.1. The molecule has 6 rings (SSSR count). The molecule has 4 N–H and O–H groups in total. The molecule has 0 amide bonds. The molecule has 2 saturated carbocycles. The molecule has 1 saturated heterocycles. The summed E-state index contributed by atoms with van der Waals surface area (Å²) in [5.41, 5.74) is 5.86. The molecule has 2 aliphatic carbocycles. The van der Waals surface area contributed by atoms with Crippen LogP contribution in [0, 0.1) is 11.3 Å². The van der Waals surface area contributed by atoms with E-state index in [4.69, 9.17) is 19.8 Å². The zero-order valence-corrected chi connectivity index (χ0v) is 25.2. The standard InChI is InChI=1S/C27H32N6.2C2HF3O2/c1-2-21(12-19-6-4-3-5-7-19)24-13-25(24)28-23-14-27(15-23)17-33(18-27)16-20-8-10-22(11-9-20)26-29-31-32-30-26;2*3-2(4,5)1(6)7/h3-12,23-25,28H,2,13-18H2,1H3,(H,29,30,31,32);2*(H,6,7)/b21-12+;;/t24-,25+;;/m0../s1. The molecule has 0 radical (unpaired) electrons. The van der Waals surface area contributed by atoms with Gasteiger partial charge in [0, 0.05) is 37.3 Å². The molecule has 0 unspecified atom stereocenters. The fourth-order valence-electron chi connectivity index (χ4n) is 6.00. The van der Waals surface area contributed by atoms with E-state index in [1.54, 1.807) is 5.57 Å². The average molecular weight is 669 g/mol.